The summed E-state index contributed by atoms with van der Waals surface area (Å²) in [5.74, 6) is 0.894. The Morgan fingerprint density at radius 2 is 2.21 bits per heavy atom. The van der Waals surface area contributed by atoms with Gasteiger partial charge < -0.3 is 10.5 Å². The van der Waals surface area contributed by atoms with Gasteiger partial charge in [0, 0.05) is 10.1 Å². The Morgan fingerprint density at radius 1 is 1.43 bits per heavy atom. The quantitative estimate of drug-likeness (QED) is 0.821. The van der Waals surface area contributed by atoms with Crippen LogP contribution in [0, 0.1) is 0 Å². The van der Waals surface area contributed by atoms with Gasteiger partial charge in [-0.25, -0.2) is 0 Å². The monoisotopic (exact) mass is 207 g/mol. The van der Waals surface area contributed by atoms with Crippen LogP contribution in [0.15, 0.2) is 18.2 Å². The smallest absolute Gasteiger partial charge is 0.119 e. The van der Waals surface area contributed by atoms with Gasteiger partial charge in [-0.1, -0.05) is 6.92 Å². The van der Waals surface area contributed by atoms with E-state index in [1.54, 1.807) is 18.4 Å². The minimum atomic E-state index is 0.894. The normalized spacial score (nSPS) is 10.7. The van der Waals surface area contributed by atoms with Crippen LogP contribution in [0.1, 0.15) is 12.5 Å². The molecule has 0 spiro atoms. The summed E-state index contributed by atoms with van der Waals surface area (Å²) in [6, 6.07) is 6.09. The van der Waals surface area contributed by atoms with Crippen molar-refractivity contribution in [2.75, 3.05) is 12.8 Å². The van der Waals surface area contributed by atoms with Crippen molar-refractivity contribution >= 4 is 26.4 Å². The second-order valence-electron chi connectivity index (χ2n) is 3.16. The van der Waals surface area contributed by atoms with E-state index in [4.69, 9.17) is 10.5 Å². The highest BCUT2D eigenvalue weighted by atomic mass is 32.1. The predicted molar refractivity (Wildman–Crippen MR) is 62.2 cm³/mol. The number of hydrogen-bond acceptors (Lipinski definition) is 3. The summed E-state index contributed by atoms with van der Waals surface area (Å²) in [7, 11) is 1.68. The largest absolute Gasteiger partial charge is 0.497 e. The number of nitrogens with two attached hydrogens (primary N) is 1. The molecule has 0 fully saturated rings. The van der Waals surface area contributed by atoms with Crippen LogP contribution in [0.25, 0.3) is 10.1 Å². The van der Waals surface area contributed by atoms with E-state index in [9.17, 15) is 0 Å². The first-order chi connectivity index (χ1) is 6.76. The maximum atomic E-state index is 5.93. The molecule has 1 aromatic carbocycles. The molecular formula is C11H13NOS. The SMILES string of the molecule is CCc1c(N)sc2ccc(OC)cc12. The molecular weight excluding hydrogens is 194 g/mol. The number of rotatable bonds is 2. The van der Waals surface area contributed by atoms with Gasteiger partial charge in [-0.05, 0) is 30.2 Å². The Labute approximate surface area is 87.3 Å². The molecule has 2 aromatic rings. The van der Waals surface area contributed by atoms with Crippen LogP contribution in [0.4, 0.5) is 5.00 Å². The number of anilines is 1. The molecule has 0 aliphatic rings. The van der Waals surface area contributed by atoms with E-state index < -0.39 is 0 Å². The first-order valence-electron chi connectivity index (χ1n) is 4.61. The van der Waals surface area contributed by atoms with Crippen molar-refractivity contribution in [1.29, 1.82) is 0 Å². The van der Waals surface area contributed by atoms with E-state index in [2.05, 4.69) is 19.1 Å². The third-order valence-electron chi connectivity index (χ3n) is 2.38. The number of aryl methyl sites for hydroxylation is 1. The molecule has 1 aromatic heterocycles. The van der Waals surface area contributed by atoms with Crippen molar-refractivity contribution in [3.8, 4) is 5.75 Å². The summed E-state index contributed by atoms with van der Waals surface area (Å²) in [4.78, 5) is 0. The summed E-state index contributed by atoms with van der Waals surface area (Å²) in [6.45, 7) is 2.12. The van der Waals surface area contributed by atoms with Gasteiger partial charge in [0.2, 0.25) is 0 Å². The lowest BCUT2D eigenvalue weighted by molar-refractivity contribution is 0.415. The standard InChI is InChI=1S/C11H13NOS/c1-3-8-9-6-7(13-2)4-5-10(9)14-11(8)12/h4-6H,3,12H2,1-2H3. The highest BCUT2D eigenvalue weighted by Crippen LogP contribution is 2.35. The molecule has 74 valence electrons. The maximum absolute atomic E-state index is 5.93. The third-order valence-corrected chi connectivity index (χ3v) is 3.42. The topological polar surface area (TPSA) is 35.2 Å². The number of fused-ring (bicyclic) bond motifs is 1. The van der Waals surface area contributed by atoms with E-state index >= 15 is 0 Å². The van der Waals surface area contributed by atoms with Crippen LogP contribution < -0.4 is 10.5 Å². The molecule has 0 aliphatic carbocycles. The van der Waals surface area contributed by atoms with E-state index in [0.717, 1.165) is 17.2 Å². The maximum Gasteiger partial charge on any atom is 0.119 e. The highest BCUT2D eigenvalue weighted by molar-refractivity contribution is 7.22. The summed E-state index contributed by atoms with van der Waals surface area (Å²) < 4.78 is 6.43. The molecule has 0 saturated carbocycles. The van der Waals surface area contributed by atoms with Crippen LogP contribution in [0.2, 0.25) is 0 Å². The Morgan fingerprint density at radius 3 is 2.86 bits per heavy atom. The minimum absolute atomic E-state index is 0.894. The van der Waals surface area contributed by atoms with Crippen molar-refractivity contribution in [3.05, 3.63) is 23.8 Å². The number of nitrogen functional groups attached to an aromatic ring is 1. The second-order valence-corrected chi connectivity index (χ2v) is 4.24. The predicted octanol–water partition coefficient (Wildman–Crippen LogP) is 3.05. The zero-order valence-corrected chi connectivity index (χ0v) is 9.15. The van der Waals surface area contributed by atoms with Gasteiger partial charge in [0.25, 0.3) is 0 Å². The number of hydrogen-bond donors (Lipinski definition) is 1. The fourth-order valence-electron chi connectivity index (χ4n) is 1.64. The molecule has 1 heterocycles. The van der Waals surface area contributed by atoms with Gasteiger partial charge >= 0.3 is 0 Å². The lowest BCUT2D eigenvalue weighted by Crippen LogP contribution is -1.86. The highest BCUT2D eigenvalue weighted by Gasteiger charge is 2.08. The summed E-state index contributed by atoms with van der Waals surface area (Å²) in [5, 5.41) is 2.16. The summed E-state index contributed by atoms with van der Waals surface area (Å²) in [5.41, 5.74) is 7.17. The van der Waals surface area contributed by atoms with Gasteiger partial charge in [0.1, 0.15) is 5.75 Å². The van der Waals surface area contributed by atoms with E-state index in [-0.39, 0.29) is 0 Å². The molecule has 2 rings (SSSR count). The molecule has 0 atom stereocenters. The van der Waals surface area contributed by atoms with Crippen molar-refractivity contribution in [1.82, 2.24) is 0 Å². The van der Waals surface area contributed by atoms with Crippen molar-refractivity contribution < 1.29 is 4.74 Å². The Bertz CT molecular complexity index is 462. The van der Waals surface area contributed by atoms with Gasteiger partial charge in [0.15, 0.2) is 0 Å². The van der Waals surface area contributed by atoms with E-state index in [1.807, 2.05) is 6.07 Å². The van der Waals surface area contributed by atoms with Crippen LogP contribution >= 0.6 is 11.3 Å². The van der Waals surface area contributed by atoms with Crippen LogP contribution in [0.5, 0.6) is 5.75 Å². The number of benzene rings is 1. The molecule has 2 N–H and O–H groups in total. The number of thiophene rings is 1. The Balaban J connectivity index is 2.71. The van der Waals surface area contributed by atoms with Crippen LogP contribution in [-0.4, -0.2) is 7.11 Å². The molecule has 3 heteroatoms. The fourth-order valence-corrected chi connectivity index (χ4v) is 2.68. The molecule has 0 unspecified atom stereocenters. The van der Waals surface area contributed by atoms with E-state index in [0.29, 0.717) is 0 Å². The van der Waals surface area contributed by atoms with Crippen molar-refractivity contribution in [3.63, 3.8) is 0 Å². The first kappa shape index (κ1) is 9.34. The molecule has 0 amide bonds. The number of ether oxygens (including phenoxy) is 1. The van der Waals surface area contributed by atoms with Gasteiger partial charge in [-0.3, -0.25) is 0 Å². The zero-order valence-electron chi connectivity index (χ0n) is 8.33. The fraction of sp³-hybridized carbons (Fsp3) is 0.273. The summed E-state index contributed by atoms with van der Waals surface area (Å²) >= 11 is 1.64. The van der Waals surface area contributed by atoms with Gasteiger partial charge in [0.05, 0.1) is 12.1 Å². The van der Waals surface area contributed by atoms with Crippen LogP contribution in [0.3, 0.4) is 0 Å². The van der Waals surface area contributed by atoms with E-state index in [1.165, 1.54) is 15.6 Å². The van der Waals surface area contributed by atoms with Gasteiger partial charge in [-0.15, -0.1) is 11.3 Å². The molecule has 0 radical (unpaired) electrons. The first-order valence-corrected chi connectivity index (χ1v) is 5.42. The average molecular weight is 207 g/mol. The Hall–Kier alpha value is -1.22. The molecule has 0 aliphatic heterocycles. The van der Waals surface area contributed by atoms with Crippen LogP contribution in [-0.2, 0) is 6.42 Å². The lowest BCUT2D eigenvalue weighted by atomic mass is 10.1. The molecule has 14 heavy (non-hydrogen) atoms. The molecule has 0 bridgehead atoms. The minimum Gasteiger partial charge on any atom is -0.497 e. The zero-order chi connectivity index (χ0) is 10.1. The van der Waals surface area contributed by atoms with Crippen molar-refractivity contribution in [2.45, 2.75) is 13.3 Å². The van der Waals surface area contributed by atoms with Crippen molar-refractivity contribution in [2.24, 2.45) is 0 Å². The number of methoxy groups -OCH3 is 1. The summed E-state index contributed by atoms with van der Waals surface area (Å²) in [6.07, 6.45) is 0.971. The third kappa shape index (κ3) is 1.34. The molecule has 2 nitrogen and oxygen atoms in total. The lowest BCUT2D eigenvalue weighted by Gasteiger charge is -2.00. The molecule has 0 saturated heterocycles. The second kappa shape index (κ2) is 3.50. The Kier molecular flexibility index (Phi) is 2.33. The van der Waals surface area contributed by atoms with Gasteiger partial charge in [-0.2, -0.15) is 0 Å². The average Bonchev–Trinajstić information content (AvgIpc) is 2.52.